The molecule has 0 spiro atoms. The largest absolute Gasteiger partial charge is 0.431 e. The van der Waals surface area contributed by atoms with Gasteiger partial charge in [0.05, 0.1) is 5.56 Å². The van der Waals surface area contributed by atoms with Crippen LogP contribution in [0.25, 0.3) is 0 Å². The smallest absolute Gasteiger partial charge is 0.302 e. The molecule has 0 aliphatic carbocycles. The average Bonchev–Trinajstić information content (AvgIpc) is 2.12. The van der Waals surface area contributed by atoms with E-state index in [4.69, 9.17) is 0 Å². The van der Waals surface area contributed by atoms with E-state index < -0.39 is 35.2 Å². The molecule has 0 aromatic carbocycles. The topological polar surface area (TPSA) is 22.0 Å². The molecule has 1 aromatic rings. The Morgan fingerprint density at radius 2 is 1.50 bits per heavy atom. The highest BCUT2D eigenvalue weighted by molar-refractivity contribution is 5.23. The van der Waals surface area contributed by atoms with E-state index in [-0.39, 0.29) is 16.7 Å². The molecule has 8 heteroatoms. The minimum absolute atomic E-state index is 0.0542. The third-order valence-corrected chi connectivity index (χ3v) is 2.20. The number of aromatic nitrogens is 1. The lowest BCUT2D eigenvalue weighted by Crippen LogP contribution is -2.30. The standard InChI is InChI=1S/C10H9F6NO/c1-5(2)17-7(10(14,15)16)3-6(4-8(17)18)9(11,12)13/h3-5H,1-2H3. The lowest BCUT2D eigenvalue weighted by Gasteiger charge is -2.19. The van der Waals surface area contributed by atoms with E-state index in [9.17, 15) is 31.1 Å². The zero-order valence-electron chi connectivity index (χ0n) is 9.36. The molecule has 1 aromatic heterocycles. The van der Waals surface area contributed by atoms with Crippen LogP contribution in [0.5, 0.6) is 0 Å². The highest BCUT2D eigenvalue weighted by Gasteiger charge is 2.39. The van der Waals surface area contributed by atoms with Crippen LogP contribution in [0.2, 0.25) is 0 Å². The normalized spacial score (nSPS) is 13.2. The van der Waals surface area contributed by atoms with Gasteiger partial charge >= 0.3 is 12.4 Å². The van der Waals surface area contributed by atoms with Crippen molar-refractivity contribution in [1.29, 1.82) is 0 Å². The summed E-state index contributed by atoms with van der Waals surface area (Å²) in [5.74, 6) is 0. The SMILES string of the molecule is CC(C)n1c(C(F)(F)F)cc(C(F)(F)F)cc1=O. The number of pyridine rings is 1. The van der Waals surface area contributed by atoms with Gasteiger partial charge in [0.1, 0.15) is 5.69 Å². The second-order valence-corrected chi connectivity index (χ2v) is 3.93. The van der Waals surface area contributed by atoms with Crippen molar-refractivity contribution >= 4 is 0 Å². The summed E-state index contributed by atoms with van der Waals surface area (Å²) in [6.45, 7) is 2.56. The molecule has 0 N–H and O–H groups in total. The first-order valence-corrected chi connectivity index (χ1v) is 4.85. The van der Waals surface area contributed by atoms with Gasteiger partial charge in [0.2, 0.25) is 0 Å². The van der Waals surface area contributed by atoms with Gasteiger partial charge in [-0.05, 0) is 19.9 Å². The molecular formula is C10H9F6NO. The highest BCUT2D eigenvalue weighted by atomic mass is 19.4. The first-order chi connectivity index (χ1) is 7.94. The van der Waals surface area contributed by atoms with Crippen molar-refractivity contribution in [2.75, 3.05) is 0 Å². The fourth-order valence-corrected chi connectivity index (χ4v) is 1.49. The molecular weight excluding hydrogens is 264 g/mol. The van der Waals surface area contributed by atoms with E-state index in [1.165, 1.54) is 13.8 Å². The van der Waals surface area contributed by atoms with E-state index in [1.807, 2.05) is 0 Å². The third kappa shape index (κ3) is 2.85. The fourth-order valence-electron chi connectivity index (χ4n) is 1.49. The summed E-state index contributed by atoms with van der Waals surface area (Å²) in [5.41, 5.74) is -4.53. The van der Waals surface area contributed by atoms with Gasteiger partial charge in [-0.15, -0.1) is 0 Å². The lowest BCUT2D eigenvalue weighted by molar-refractivity contribution is -0.148. The summed E-state index contributed by atoms with van der Waals surface area (Å²) < 4.78 is 75.2. The second-order valence-electron chi connectivity index (χ2n) is 3.93. The van der Waals surface area contributed by atoms with Crippen LogP contribution in [0.1, 0.15) is 31.1 Å². The first-order valence-electron chi connectivity index (χ1n) is 4.85. The number of rotatable bonds is 1. The number of alkyl halides is 6. The van der Waals surface area contributed by atoms with Gasteiger partial charge in [-0.1, -0.05) is 0 Å². The van der Waals surface area contributed by atoms with Gasteiger partial charge in [0, 0.05) is 12.1 Å². The summed E-state index contributed by atoms with van der Waals surface area (Å²) in [6, 6.07) is -0.784. The molecule has 0 saturated heterocycles. The molecule has 0 fully saturated rings. The molecule has 0 bridgehead atoms. The van der Waals surface area contributed by atoms with E-state index in [2.05, 4.69) is 0 Å². The van der Waals surface area contributed by atoms with Crippen molar-refractivity contribution in [3.8, 4) is 0 Å². The minimum Gasteiger partial charge on any atom is -0.302 e. The van der Waals surface area contributed by atoms with Crippen molar-refractivity contribution in [3.05, 3.63) is 33.7 Å². The zero-order chi connectivity index (χ0) is 14.3. The average molecular weight is 273 g/mol. The van der Waals surface area contributed by atoms with Crippen molar-refractivity contribution in [3.63, 3.8) is 0 Å². The van der Waals surface area contributed by atoms with Gasteiger partial charge in [-0.3, -0.25) is 4.79 Å². The molecule has 18 heavy (non-hydrogen) atoms. The zero-order valence-corrected chi connectivity index (χ0v) is 9.36. The van der Waals surface area contributed by atoms with Crippen LogP contribution in [0, 0.1) is 0 Å². The Bertz CT molecular complexity index is 497. The van der Waals surface area contributed by atoms with Crippen LogP contribution < -0.4 is 5.56 Å². The molecule has 0 aliphatic rings. The molecule has 1 heterocycles. The van der Waals surface area contributed by atoms with E-state index in [1.54, 1.807) is 0 Å². The van der Waals surface area contributed by atoms with Crippen LogP contribution in [0.15, 0.2) is 16.9 Å². The number of halogens is 6. The van der Waals surface area contributed by atoms with Gasteiger partial charge in [-0.25, -0.2) is 0 Å². The van der Waals surface area contributed by atoms with E-state index in [0.717, 1.165) is 0 Å². The van der Waals surface area contributed by atoms with Crippen molar-refractivity contribution < 1.29 is 26.3 Å². The Hall–Kier alpha value is -1.47. The number of nitrogens with zero attached hydrogens (tertiary/aromatic N) is 1. The molecule has 0 radical (unpaired) electrons. The van der Waals surface area contributed by atoms with Gasteiger partial charge in [0.25, 0.3) is 5.56 Å². The second kappa shape index (κ2) is 4.33. The fraction of sp³-hybridized carbons (Fsp3) is 0.500. The quantitative estimate of drug-likeness (QED) is 0.718. The van der Waals surface area contributed by atoms with Gasteiger partial charge in [0.15, 0.2) is 0 Å². The number of hydrogen-bond donors (Lipinski definition) is 0. The van der Waals surface area contributed by atoms with Crippen LogP contribution in [0.4, 0.5) is 26.3 Å². The Morgan fingerprint density at radius 3 is 1.83 bits per heavy atom. The first kappa shape index (κ1) is 14.6. The predicted octanol–water partition coefficient (Wildman–Crippen LogP) is 3.47. The molecule has 102 valence electrons. The number of hydrogen-bond acceptors (Lipinski definition) is 1. The highest BCUT2D eigenvalue weighted by Crippen LogP contribution is 2.35. The van der Waals surface area contributed by atoms with Crippen LogP contribution >= 0.6 is 0 Å². The van der Waals surface area contributed by atoms with Crippen LogP contribution in [-0.4, -0.2) is 4.57 Å². The molecule has 0 atom stereocenters. The Morgan fingerprint density at radius 1 is 1.00 bits per heavy atom. The molecule has 1 rings (SSSR count). The summed E-state index contributed by atoms with van der Waals surface area (Å²) in [4.78, 5) is 11.4. The summed E-state index contributed by atoms with van der Waals surface area (Å²) in [5, 5.41) is 0. The Balaban J connectivity index is 3.64. The molecule has 2 nitrogen and oxygen atoms in total. The monoisotopic (exact) mass is 273 g/mol. The Labute approximate surface area is 97.8 Å². The van der Waals surface area contributed by atoms with Crippen LogP contribution in [-0.2, 0) is 12.4 Å². The van der Waals surface area contributed by atoms with Crippen molar-refractivity contribution in [2.45, 2.75) is 32.2 Å². The maximum absolute atomic E-state index is 12.6. The summed E-state index contributed by atoms with van der Waals surface area (Å²) >= 11 is 0. The molecule has 0 unspecified atom stereocenters. The maximum atomic E-state index is 12.6. The third-order valence-electron chi connectivity index (χ3n) is 2.20. The van der Waals surface area contributed by atoms with Crippen molar-refractivity contribution in [1.82, 2.24) is 4.57 Å². The van der Waals surface area contributed by atoms with E-state index in [0.29, 0.717) is 0 Å². The lowest BCUT2D eigenvalue weighted by atomic mass is 10.2. The molecule has 0 aliphatic heterocycles. The van der Waals surface area contributed by atoms with Crippen molar-refractivity contribution in [2.24, 2.45) is 0 Å². The minimum atomic E-state index is -5.02. The maximum Gasteiger partial charge on any atom is 0.431 e. The van der Waals surface area contributed by atoms with E-state index >= 15 is 0 Å². The predicted molar refractivity (Wildman–Crippen MR) is 51.1 cm³/mol. The molecule has 0 saturated carbocycles. The Kier molecular flexibility index (Phi) is 3.51. The summed E-state index contributed by atoms with van der Waals surface area (Å²) in [6.07, 6.45) is -10.0. The summed E-state index contributed by atoms with van der Waals surface area (Å²) in [7, 11) is 0. The van der Waals surface area contributed by atoms with Gasteiger partial charge < -0.3 is 4.57 Å². The van der Waals surface area contributed by atoms with Crippen LogP contribution in [0.3, 0.4) is 0 Å². The van der Waals surface area contributed by atoms with Gasteiger partial charge in [-0.2, -0.15) is 26.3 Å². The molecule has 0 amide bonds.